The van der Waals surface area contributed by atoms with Crippen LogP contribution in [0.2, 0.25) is 0 Å². The first-order valence-electron chi connectivity index (χ1n) is 14.1. The van der Waals surface area contributed by atoms with Crippen LogP contribution in [0.5, 0.6) is 11.5 Å². The van der Waals surface area contributed by atoms with E-state index in [1.807, 2.05) is 13.8 Å². The monoisotopic (exact) mass is 570 g/mol. The van der Waals surface area contributed by atoms with Crippen LogP contribution >= 0.6 is 0 Å². The largest absolute Gasteiger partial charge is 0.427 e. The minimum Gasteiger partial charge on any atom is -0.427 e. The fourth-order valence-electron chi connectivity index (χ4n) is 4.76. The number of benzene rings is 2. The quantitative estimate of drug-likeness (QED) is 0.192. The van der Waals surface area contributed by atoms with Gasteiger partial charge in [-0.05, 0) is 51.0 Å². The van der Waals surface area contributed by atoms with Crippen molar-refractivity contribution in [1.82, 2.24) is 0 Å². The number of ether oxygens (including phenoxy) is 2. The van der Waals surface area contributed by atoms with Crippen molar-refractivity contribution < 1.29 is 27.9 Å². The summed E-state index contributed by atoms with van der Waals surface area (Å²) in [5.74, 6) is -0.0877. The number of hydrogen-bond acceptors (Lipinski definition) is 8. The molecule has 0 aliphatic rings. The van der Waals surface area contributed by atoms with Gasteiger partial charge in [-0.2, -0.15) is 0 Å². The molecule has 2 aromatic heterocycles. The molecule has 0 N–H and O–H groups in total. The predicted octanol–water partition coefficient (Wildman–Crippen LogP) is 6.34. The van der Waals surface area contributed by atoms with E-state index in [1.165, 1.54) is 0 Å². The van der Waals surface area contributed by atoms with Crippen molar-refractivity contribution in [2.45, 2.75) is 66.2 Å². The van der Waals surface area contributed by atoms with Gasteiger partial charge in [0.05, 0.1) is 22.3 Å². The number of carbonyl (C=O) groups is 2. The standard InChI is InChI=1S/C34H34O8/c1-5-13-25-27(39-31(35)21(3)29(25)41-33(37)23-15-9-7-10-16-23)19-20-28-26(14-6-2)30(22(4)32(36)40-28)42-34(38)24-17-11-8-12-18-24/h7-12,15-18H,5-6,13-14,19-20H2,1-4H3. The molecule has 0 saturated heterocycles. The van der Waals surface area contributed by atoms with E-state index >= 15 is 0 Å². The normalized spacial score (nSPS) is 10.9. The van der Waals surface area contributed by atoms with Crippen molar-refractivity contribution in [2.24, 2.45) is 0 Å². The molecule has 4 rings (SSSR count). The predicted molar refractivity (Wildman–Crippen MR) is 158 cm³/mol. The number of esters is 2. The molecule has 0 saturated carbocycles. The molecular weight excluding hydrogens is 536 g/mol. The Hall–Kier alpha value is -4.72. The molecular formula is C34H34O8. The van der Waals surface area contributed by atoms with Crippen molar-refractivity contribution in [3.05, 3.63) is 126 Å². The molecule has 4 aromatic rings. The highest BCUT2D eigenvalue weighted by Gasteiger charge is 2.24. The lowest BCUT2D eigenvalue weighted by Gasteiger charge is -2.17. The van der Waals surface area contributed by atoms with Gasteiger partial charge in [0.25, 0.3) is 0 Å². The molecule has 0 atom stereocenters. The molecule has 218 valence electrons. The van der Waals surface area contributed by atoms with Crippen LogP contribution in [0.1, 0.15) is 81.2 Å². The summed E-state index contributed by atoms with van der Waals surface area (Å²) in [6.07, 6.45) is 2.78. The summed E-state index contributed by atoms with van der Waals surface area (Å²) in [6.45, 7) is 7.07. The SMILES string of the molecule is CCCc1c(CCc2oc(=O)c(C)c(OC(=O)c3ccccc3)c2CCC)oc(=O)c(C)c1OC(=O)c1ccccc1. The van der Waals surface area contributed by atoms with Gasteiger partial charge in [-0.1, -0.05) is 63.1 Å². The fourth-order valence-corrected chi connectivity index (χ4v) is 4.76. The molecule has 0 bridgehead atoms. The Morgan fingerprint density at radius 1 is 0.595 bits per heavy atom. The van der Waals surface area contributed by atoms with Gasteiger partial charge in [0.2, 0.25) is 0 Å². The Labute approximate surface area is 243 Å². The summed E-state index contributed by atoms with van der Waals surface area (Å²) in [6, 6.07) is 17.1. The summed E-state index contributed by atoms with van der Waals surface area (Å²) >= 11 is 0. The summed E-state index contributed by atoms with van der Waals surface area (Å²) in [5, 5.41) is 0. The minimum absolute atomic E-state index is 0.188. The molecule has 2 aromatic carbocycles. The van der Waals surface area contributed by atoms with Crippen molar-refractivity contribution in [2.75, 3.05) is 0 Å². The van der Waals surface area contributed by atoms with Crippen molar-refractivity contribution in [3.63, 3.8) is 0 Å². The van der Waals surface area contributed by atoms with Crippen LogP contribution in [-0.4, -0.2) is 11.9 Å². The molecule has 0 radical (unpaired) electrons. The molecule has 8 heteroatoms. The second kappa shape index (κ2) is 13.8. The molecule has 8 nitrogen and oxygen atoms in total. The third-order valence-corrected chi connectivity index (χ3v) is 6.93. The highest BCUT2D eigenvalue weighted by atomic mass is 16.5. The zero-order valence-electron chi connectivity index (χ0n) is 24.3. The van der Waals surface area contributed by atoms with E-state index in [0.717, 1.165) is 0 Å². The highest BCUT2D eigenvalue weighted by Crippen LogP contribution is 2.31. The fraction of sp³-hybridized carbons (Fsp3) is 0.294. The van der Waals surface area contributed by atoms with Gasteiger partial charge in [0.15, 0.2) is 0 Å². The van der Waals surface area contributed by atoms with Crippen LogP contribution in [0.15, 0.2) is 79.1 Å². The summed E-state index contributed by atoms with van der Waals surface area (Å²) in [5.41, 5.74) is 1.12. The Morgan fingerprint density at radius 2 is 0.952 bits per heavy atom. The lowest BCUT2D eigenvalue weighted by Crippen LogP contribution is -2.19. The Bertz CT molecular complexity index is 1550. The zero-order chi connectivity index (χ0) is 30.2. The van der Waals surface area contributed by atoms with Crippen LogP contribution in [0.25, 0.3) is 0 Å². The maximum atomic E-state index is 12.9. The van der Waals surface area contributed by atoms with E-state index in [0.29, 0.717) is 59.5 Å². The number of aryl methyl sites for hydroxylation is 2. The van der Waals surface area contributed by atoms with E-state index in [4.69, 9.17) is 18.3 Å². The van der Waals surface area contributed by atoms with E-state index < -0.39 is 23.2 Å². The van der Waals surface area contributed by atoms with Gasteiger partial charge in [0, 0.05) is 24.0 Å². The topological polar surface area (TPSA) is 113 Å². The first kappa shape index (κ1) is 30.2. The van der Waals surface area contributed by atoms with E-state index in [2.05, 4.69) is 0 Å². The van der Waals surface area contributed by atoms with Crippen molar-refractivity contribution in [1.29, 1.82) is 0 Å². The Morgan fingerprint density at radius 3 is 1.29 bits per heavy atom. The molecule has 0 spiro atoms. The maximum Gasteiger partial charge on any atom is 0.343 e. The third kappa shape index (κ3) is 6.77. The first-order valence-corrected chi connectivity index (χ1v) is 14.1. The lowest BCUT2D eigenvalue weighted by molar-refractivity contribution is 0.0720. The molecule has 0 unspecified atom stereocenters. The Kier molecular flexibility index (Phi) is 9.91. The Balaban J connectivity index is 1.71. The van der Waals surface area contributed by atoms with E-state index in [-0.39, 0.29) is 35.5 Å². The smallest absolute Gasteiger partial charge is 0.343 e. The first-order chi connectivity index (χ1) is 20.2. The third-order valence-electron chi connectivity index (χ3n) is 6.93. The second-order valence-corrected chi connectivity index (χ2v) is 10.0. The number of hydrogen-bond donors (Lipinski definition) is 0. The molecule has 0 fully saturated rings. The molecule has 0 aliphatic carbocycles. The molecule has 0 aliphatic heterocycles. The van der Waals surface area contributed by atoms with Crippen LogP contribution in [0.4, 0.5) is 0 Å². The highest BCUT2D eigenvalue weighted by molar-refractivity contribution is 5.92. The number of carbonyl (C=O) groups excluding carboxylic acids is 2. The van der Waals surface area contributed by atoms with Gasteiger partial charge >= 0.3 is 23.2 Å². The average molecular weight is 571 g/mol. The van der Waals surface area contributed by atoms with Crippen LogP contribution in [-0.2, 0) is 25.7 Å². The average Bonchev–Trinajstić information content (AvgIpc) is 3.00. The number of rotatable bonds is 11. The molecule has 2 heterocycles. The van der Waals surface area contributed by atoms with Crippen LogP contribution in [0.3, 0.4) is 0 Å². The maximum absolute atomic E-state index is 12.9. The van der Waals surface area contributed by atoms with Crippen molar-refractivity contribution >= 4 is 11.9 Å². The van der Waals surface area contributed by atoms with Gasteiger partial charge < -0.3 is 18.3 Å². The molecule has 42 heavy (non-hydrogen) atoms. The lowest BCUT2D eigenvalue weighted by atomic mass is 9.99. The van der Waals surface area contributed by atoms with Gasteiger partial charge in [-0.15, -0.1) is 0 Å². The molecule has 0 amide bonds. The summed E-state index contributed by atoms with van der Waals surface area (Å²) < 4.78 is 22.9. The van der Waals surface area contributed by atoms with Crippen molar-refractivity contribution in [3.8, 4) is 11.5 Å². The minimum atomic E-state index is -0.614. The zero-order valence-corrected chi connectivity index (χ0v) is 24.3. The van der Waals surface area contributed by atoms with Crippen LogP contribution in [0, 0.1) is 13.8 Å². The summed E-state index contributed by atoms with van der Waals surface area (Å²) in [4.78, 5) is 51.5. The van der Waals surface area contributed by atoms with Gasteiger partial charge in [-0.3, -0.25) is 0 Å². The van der Waals surface area contributed by atoms with Gasteiger partial charge in [-0.25, -0.2) is 19.2 Å². The van der Waals surface area contributed by atoms with E-state index in [9.17, 15) is 19.2 Å². The van der Waals surface area contributed by atoms with Gasteiger partial charge in [0.1, 0.15) is 23.0 Å². The second-order valence-electron chi connectivity index (χ2n) is 10.0. The van der Waals surface area contributed by atoms with Crippen LogP contribution < -0.4 is 20.7 Å². The summed E-state index contributed by atoms with van der Waals surface area (Å²) in [7, 11) is 0. The van der Waals surface area contributed by atoms with E-state index in [1.54, 1.807) is 74.5 Å².